The fraction of sp³-hybridized carbons (Fsp3) is 0.150. The number of hydrogen-bond donors (Lipinski definition) is 1. The summed E-state index contributed by atoms with van der Waals surface area (Å²) in [7, 11) is 1.26. The second-order valence-electron chi connectivity index (χ2n) is 6.43. The molecule has 0 spiro atoms. The summed E-state index contributed by atoms with van der Waals surface area (Å²) in [5.41, 5.74) is 2.16. The second kappa shape index (κ2) is 7.19. The summed E-state index contributed by atoms with van der Waals surface area (Å²) >= 11 is 0. The summed E-state index contributed by atoms with van der Waals surface area (Å²) in [5.74, 6) is -1.07. The molecule has 0 atom stereocenters. The zero-order valence-electron chi connectivity index (χ0n) is 15.7. The van der Waals surface area contributed by atoms with Crippen LogP contribution in [-0.2, 0) is 16.1 Å². The Labute approximate surface area is 164 Å². The zero-order chi connectivity index (χ0) is 20.5. The van der Waals surface area contributed by atoms with E-state index in [-0.39, 0.29) is 12.1 Å². The van der Waals surface area contributed by atoms with Crippen LogP contribution in [0.4, 0.5) is 5.69 Å². The molecule has 146 valence electrons. The van der Waals surface area contributed by atoms with Crippen molar-refractivity contribution < 1.29 is 14.3 Å². The number of aromatic nitrogens is 4. The van der Waals surface area contributed by atoms with E-state index in [1.807, 2.05) is 25.1 Å². The smallest absolute Gasteiger partial charge is 0.352 e. The van der Waals surface area contributed by atoms with E-state index in [2.05, 4.69) is 15.4 Å². The minimum absolute atomic E-state index is 0.219. The van der Waals surface area contributed by atoms with E-state index in [9.17, 15) is 14.4 Å². The SMILES string of the molecule is COC(=O)c1ccccc1NC(=O)Cn1nc2c3cccc(C)c3ncn2c1=O. The highest BCUT2D eigenvalue weighted by Gasteiger charge is 2.17. The molecular weight excluding hydrogens is 374 g/mol. The maximum absolute atomic E-state index is 12.6. The van der Waals surface area contributed by atoms with Crippen molar-refractivity contribution in [2.45, 2.75) is 13.5 Å². The molecule has 0 aliphatic rings. The van der Waals surface area contributed by atoms with Crippen molar-refractivity contribution in [3.63, 3.8) is 0 Å². The summed E-state index contributed by atoms with van der Waals surface area (Å²) in [6.45, 7) is 1.61. The largest absolute Gasteiger partial charge is 0.465 e. The van der Waals surface area contributed by atoms with E-state index < -0.39 is 17.6 Å². The quantitative estimate of drug-likeness (QED) is 0.532. The minimum Gasteiger partial charge on any atom is -0.465 e. The Morgan fingerprint density at radius 3 is 2.72 bits per heavy atom. The van der Waals surface area contributed by atoms with Crippen LogP contribution in [0.15, 0.2) is 53.6 Å². The van der Waals surface area contributed by atoms with Gasteiger partial charge in [-0.05, 0) is 30.7 Å². The molecule has 9 heteroatoms. The molecule has 0 unspecified atom stereocenters. The van der Waals surface area contributed by atoms with E-state index in [1.54, 1.807) is 24.3 Å². The van der Waals surface area contributed by atoms with Crippen molar-refractivity contribution in [1.29, 1.82) is 0 Å². The molecule has 2 heterocycles. The fourth-order valence-corrected chi connectivity index (χ4v) is 3.14. The molecule has 2 aromatic carbocycles. The molecule has 0 aliphatic carbocycles. The molecule has 1 amide bonds. The number of ether oxygens (including phenoxy) is 1. The molecular formula is C20H17N5O4. The van der Waals surface area contributed by atoms with Crippen LogP contribution in [0.25, 0.3) is 16.6 Å². The number of nitrogens with zero attached hydrogens (tertiary/aromatic N) is 4. The second-order valence-corrected chi connectivity index (χ2v) is 6.43. The fourth-order valence-electron chi connectivity index (χ4n) is 3.14. The van der Waals surface area contributed by atoms with E-state index in [1.165, 1.54) is 17.8 Å². The van der Waals surface area contributed by atoms with Crippen LogP contribution in [0.5, 0.6) is 0 Å². The lowest BCUT2D eigenvalue weighted by Gasteiger charge is -2.09. The van der Waals surface area contributed by atoms with Gasteiger partial charge in [0.25, 0.3) is 0 Å². The minimum atomic E-state index is -0.571. The number of benzene rings is 2. The molecule has 4 aromatic rings. The number of nitrogens with one attached hydrogen (secondary N) is 1. The number of fused-ring (bicyclic) bond motifs is 3. The summed E-state index contributed by atoms with van der Waals surface area (Å²) in [4.78, 5) is 41.3. The number of carbonyl (C=O) groups is 2. The first-order valence-electron chi connectivity index (χ1n) is 8.80. The highest BCUT2D eigenvalue weighted by Crippen LogP contribution is 2.19. The molecule has 0 saturated heterocycles. The standard InChI is InChI=1S/C20H17N5O4/c1-12-6-5-8-14-17(12)21-11-24-18(14)23-25(20(24)28)10-16(26)22-15-9-4-3-7-13(15)19(27)29-2/h3-9,11H,10H2,1-2H3,(H,22,26). The van der Waals surface area contributed by atoms with Gasteiger partial charge in [-0.3, -0.25) is 4.79 Å². The van der Waals surface area contributed by atoms with E-state index >= 15 is 0 Å². The first kappa shape index (κ1) is 18.4. The highest BCUT2D eigenvalue weighted by molar-refractivity contribution is 6.01. The summed E-state index contributed by atoms with van der Waals surface area (Å²) in [5, 5.41) is 7.66. The van der Waals surface area contributed by atoms with Crippen LogP contribution >= 0.6 is 0 Å². The van der Waals surface area contributed by atoms with Gasteiger partial charge in [0.2, 0.25) is 5.91 Å². The lowest BCUT2D eigenvalue weighted by molar-refractivity contribution is -0.117. The predicted molar refractivity (Wildman–Crippen MR) is 106 cm³/mol. The Morgan fingerprint density at radius 2 is 1.93 bits per heavy atom. The van der Waals surface area contributed by atoms with Crippen molar-refractivity contribution in [2.24, 2.45) is 0 Å². The van der Waals surface area contributed by atoms with Crippen molar-refractivity contribution in [1.82, 2.24) is 19.2 Å². The van der Waals surface area contributed by atoms with Crippen LogP contribution in [0.2, 0.25) is 0 Å². The van der Waals surface area contributed by atoms with Crippen LogP contribution in [0.3, 0.4) is 0 Å². The average Bonchev–Trinajstić information content (AvgIpc) is 3.04. The maximum atomic E-state index is 12.6. The van der Waals surface area contributed by atoms with Gasteiger partial charge < -0.3 is 10.1 Å². The monoisotopic (exact) mass is 391 g/mol. The third kappa shape index (κ3) is 3.22. The lowest BCUT2D eigenvalue weighted by Crippen LogP contribution is -2.28. The van der Waals surface area contributed by atoms with Gasteiger partial charge in [-0.2, -0.15) is 0 Å². The van der Waals surface area contributed by atoms with Gasteiger partial charge in [0, 0.05) is 5.39 Å². The van der Waals surface area contributed by atoms with Gasteiger partial charge in [0.15, 0.2) is 5.65 Å². The highest BCUT2D eigenvalue weighted by atomic mass is 16.5. The Bertz CT molecular complexity index is 1320. The molecule has 29 heavy (non-hydrogen) atoms. The maximum Gasteiger partial charge on any atom is 0.352 e. The number of amides is 1. The Morgan fingerprint density at radius 1 is 1.14 bits per heavy atom. The molecule has 0 radical (unpaired) electrons. The van der Waals surface area contributed by atoms with E-state index in [0.29, 0.717) is 11.3 Å². The number of anilines is 1. The lowest BCUT2D eigenvalue weighted by atomic mass is 10.1. The number of para-hydroxylation sites is 2. The van der Waals surface area contributed by atoms with Crippen molar-refractivity contribution in [3.05, 3.63) is 70.4 Å². The third-order valence-electron chi connectivity index (χ3n) is 4.55. The molecule has 0 saturated carbocycles. The third-order valence-corrected chi connectivity index (χ3v) is 4.55. The molecule has 9 nitrogen and oxygen atoms in total. The first-order chi connectivity index (χ1) is 14.0. The van der Waals surface area contributed by atoms with Gasteiger partial charge in [-0.15, -0.1) is 5.10 Å². The van der Waals surface area contributed by atoms with Crippen LogP contribution in [-0.4, -0.2) is 38.2 Å². The number of esters is 1. The first-order valence-corrected chi connectivity index (χ1v) is 8.80. The summed E-state index contributed by atoms with van der Waals surface area (Å²) in [6, 6.07) is 12.1. The number of carbonyl (C=O) groups excluding carboxylic acids is 2. The summed E-state index contributed by atoms with van der Waals surface area (Å²) in [6.07, 6.45) is 1.40. The van der Waals surface area contributed by atoms with Gasteiger partial charge in [-0.25, -0.2) is 23.7 Å². The Balaban J connectivity index is 1.67. The van der Waals surface area contributed by atoms with Crippen LogP contribution < -0.4 is 11.0 Å². The molecule has 0 fully saturated rings. The molecule has 1 N–H and O–H groups in total. The van der Waals surface area contributed by atoms with Crippen molar-refractivity contribution >= 4 is 34.1 Å². The normalized spacial score (nSPS) is 11.0. The predicted octanol–water partition coefficient (Wildman–Crippen LogP) is 1.78. The van der Waals surface area contributed by atoms with Crippen LogP contribution in [0.1, 0.15) is 15.9 Å². The number of rotatable bonds is 4. The van der Waals surface area contributed by atoms with Crippen molar-refractivity contribution in [3.8, 4) is 0 Å². The molecule has 0 aliphatic heterocycles. The number of aryl methyl sites for hydroxylation is 1. The van der Waals surface area contributed by atoms with E-state index in [0.717, 1.165) is 21.1 Å². The molecule has 0 bridgehead atoms. The average molecular weight is 391 g/mol. The van der Waals surface area contributed by atoms with E-state index in [4.69, 9.17) is 4.74 Å². The summed E-state index contributed by atoms with van der Waals surface area (Å²) < 4.78 is 7.09. The van der Waals surface area contributed by atoms with Crippen molar-refractivity contribution in [2.75, 3.05) is 12.4 Å². The molecule has 2 aromatic heterocycles. The van der Waals surface area contributed by atoms with Gasteiger partial charge in [0.05, 0.1) is 23.9 Å². The van der Waals surface area contributed by atoms with Gasteiger partial charge in [0.1, 0.15) is 12.9 Å². The van der Waals surface area contributed by atoms with Gasteiger partial charge in [-0.1, -0.05) is 24.3 Å². The van der Waals surface area contributed by atoms with Gasteiger partial charge >= 0.3 is 11.7 Å². The Hall–Kier alpha value is -4.01. The zero-order valence-corrected chi connectivity index (χ0v) is 15.7. The number of methoxy groups -OCH3 is 1. The number of hydrogen-bond acceptors (Lipinski definition) is 6. The van der Waals surface area contributed by atoms with Crippen LogP contribution in [0, 0.1) is 6.92 Å². The molecule has 4 rings (SSSR count). The topological polar surface area (TPSA) is 108 Å². The Kier molecular flexibility index (Phi) is 4.55.